The van der Waals surface area contributed by atoms with Crippen molar-refractivity contribution in [1.29, 1.82) is 0 Å². The first-order chi connectivity index (χ1) is 16.9. The molecule has 3 atom stereocenters. The van der Waals surface area contributed by atoms with Crippen molar-refractivity contribution < 1.29 is 19.1 Å². The molecule has 3 amide bonds. The van der Waals surface area contributed by atoms with E-state index < -0.39 is 0 Å². The Hall–Kier alpha value is -3.93. The van der Waals surface area contributed by atoms with E-state index >= 15 is 0 Å². The summed E-state index contributed by atoms with van der Waals surface area (Å²) in [6, 6.07) is 21.6. The zero-order valence-electron chi connectivity index (χ0n) is 19.9. The van der Waals surface area contributed by atoms with Gasteiger partial charge in [-0.05, 0) is 92.8 Å². The van der Waals surface area contributed by atoms with E-state index in [1.165, 1.54) is 4.90 Å². The summed E-state index contributed by atoms with van der Waals surface area (Å²) in [5.74, 6) is 0.954. The Bertz CT molecular complexity index is 1250. The van der Waals surface area contributed by atoms with Crippen LogP contribution in [0.2, 0.25) is 0 Å². The predicted octanol–water partition coefficient (Wildman–Crippen LogP) is 5.97. The average Bonchev–Trinajstić information content (AvgIpc) is 3.11. The molecule has 0 unspecified atom stereocenters. The minimum Gasteiger partial charge on any atom is -0.457 e. The van der Waals surface area contributed by atoms with Gasteiger partial charge in [0.05, 0.1) is 17.5 Å². The molecule has 1 saturated heterocycles. The van der Waals surface area contributed by atoms with Crippen LogP contribution < -0.4 is 15.0 Å². The standard InChI is InChI=1S/C29H28N2O4/c1-18-3-12-23(13-4-18)35-24-14-8-21(9-15-24)30-27(32)20-6-10-22(11-7-20)31-28(33)25-16-5-19(2)17-26(25)29(31)34/h3-4,6-15,19,25-26H,5,16-17H2,1-2H3,(H,30,32)/t19-,25+,26-/m0/s1. The number of imide groups is 1. The molecular formula is C29H28N2O4. The molecule has 1 heterocycles. The third-order valence-corrected chi connectivity index (χ3v) is 6.94. The van der Waals surface area contributed by atoms with Crippen LogP contribution in [-0.2, 0) is 9.59 Å². The van der Waals surface area contributed by atoms with Gasteiger partial charge in [-0.1, -0.05) is 24.6 Å². The molecular weight excluding hydrogens is 440 g/mol. The van der Waals surface area contributed by atoms with Crippen molar-refractivity contribution in [2.75, 3.05) is 10.2 Å². The van der Waals surface area contributed by atoms with Crippen LogP contribution in [-0.4, -0.2) is 17.7 Å². The number of aryl methyl sites for hydroxylation is 1. The summed E-state index contributed by atoms with van der Waals surface area (Å²) in [5.41, 5.74) is 2.77. The molecule has 2 aliphatic rings. The average molecular weight is 469 g/mol. The number of fused-ring (bicyclic) bond motifs is 1. The number of ether oxygens (including phenoxy) is 1. The van der Waals surface area contributed by atoms with Crippen molar-refractivity contribution in [2.24, 2.45) is 17.8 Å². The molecule has 2 fully saturated rings. The van der Waals surface area contributed by atoms with Crippen LogP contribution >= 0.6 is 0 Å². The molecule has 1 N–H and O–H groups in total. The first-order valence-corrected chi connectivity index (χ1v) is 12.0. The number of nitrogens with one attached hydrogen (secondary N) is 1. The van der Waals surface area contributed by atoms with Gasteiger partial charge in [0.15, 0.2) is 0 Å². The Morgan fingerprint density at radius 1 is 0.829 bits per heavy atom. The highest BCUT2D eigenvalue weighted by Gasteiger charge is 2.49. The van der Waals surface area contributed by atoms with Crippen molar-refractivity contribution in [3.8, 4) is 11.5 Å². The van der Waals surface area contributed by atoms with Gasteiger partial charge < -0.3 is 10.1 Å². The van der Waals surface area contributed by atoms with Gasteiger partial charge in [-0.25, -0.2) is 0 Å². The minimum atomic E-state index is -0.273. The quantitative estimate of drug-likeness (QED) is 0.469. The molecule has 1 aliphatic carbocycles. The van der Waals surface area contributed by atoms with Crippen LogP contribution in [0.4, 0.5) is 11.4 Å². The lowest BCUT2D eigenvalue weighted by Crippen LogP contribution is -2.30. The Morgan fingerprint density at radius 3 is 2.09 bits per heavy atom. The van der Waals surface area contributed by atoms with Crippen molar-refractivity contribution in [2.45, 2.75) is 33.1 Å². The number of carbonyl (C=O) groups excluding carboxylic acids is 3. The fourth-order valence-corrected chi connectivity index (χ4v) is 4.96. The number of nitrogens with zero attached hydrogens (tertiary/aromatic N) is 1. The van der Waals surface area contributed by atoms with Crippen LogP contribution in [0.5, 0.6) is 11.5 Å². The Labute approximate surface area is 204 Å². The van der Waals surface area contributed by atoms with E-state index in [2.05, 4.69) is 12.2 Å². The second kappa shape index (κ2) is 9.37. The maximum atomic E-state index is 12.9. The van der Waals surface area contributed by atoms with E-state index in [9.17, 15) is 14.4 Å². The lowest BCUT2D eigenvalue weighted by atomic mass is 9.76. The summed E-state index contributed by atoms with van der Waals surface area (Å²) in [4.78, 5) is 39.9. The fraction of sp³-hybridized carbons (Fsp3) is 0.276. The van der Waals surface area contributed by atoms with Crippen LogP contribution in [0.25, 0.3) is 0 Å². The molecule has 1 aliphatic heterocycles. The zero-order chi connectivity index (χ0) is 24.5. The van der Waals surface area contributed by atoms with E-state index in [0.29, 0.717) is 28.6 Å². The van der Waals surface area contributed by atoms with E-state index in [1.807, 2.05) is 31.2 Å². The second-order valence-electron chi connectivity index (χ2n) is 9.58. The van der Waals surface area contributed by atoms with Gasteiger partial charge in [0.1, 0.15) is 11.5 Å². The zero-order valence-corrected chi connectivity index (χ0v) is 19.9. The van der Waals surface area contributed by atoms with Crippen LogP contribution in [0.1, 0.15) is 42.1 Å². The molecule has 6 nitrogen and oxygen atoms in total. The largest absolute Gasteiger partial charge is 0.457 e. The minimum absolute atomic E-state index is 0.114. The summed E-state index contributed by atoms with van der Waals surface area (Å²) in [6.45, 7) is 4.15. The van der Waals surface area contributed by atoms with E-state index in [4.69, 9.17) is 4.74 Å². The third kappa shape index (κ3) is 4.69. The van der Waals surface area contributed by atoms with Crippen molar-refractivity contribution >= 4 is 29.1 Å². The Balaban J connectivity index is 1.23. The van der Waals surface area contributed by atoms with Crippen molar-refractivity contribution in [3.05, 3.63) is 83.9 Å². The molecule has 0 bridgehead atoms. The van der Waals surface area contributed by atoms with Crippen LogP contribution in [0.15, 0.2) is 72.8 Å². The number of carbonyl (C=O) groups is 3. The predicted molar refractivity (Wildman–Crippen MR) is 135 cm³/mol. The number of amides is 3. The summed E-state index contributed by atoms with van der Waals surface area (Å²) < 4.78 is 5.83. The van der Waals surface area contributed by atoms with E-state index in [-0.39, 0.29) is 29.6 Å². The summed E-state index contributed by atoms with van der Waals surface area (Å²) in [6.07, 6.45) is 2.51. The number of hydrogen-bond acceptors (Lipinski definition) is 4. The topological polar surface area (TPSA) is 75.7 Å². The van der Waals surface area contributed by atoms with Crippen LogP contribution in [0.3, 0.4) is 0 Å². The molecule has 35 heavy (non-hydrogen) atoms. The van der Waals surface area contributed by atoms with Gasteiger partial charge in [0.2, 0.25) is 11.8 Å². The van der Waals surface area contributed by atoms with Gasteiger partial charge in [0, 0.05) is 11.3 Å². The lowest BCUT2D eigenvalue weighted by molar-refractivity contribution is -0.122. The molecule has 5 rings (SSSR count). The molecule has 1 saturated carbocycles. The molecule has 0 spiro atoms. The molecule has 6 heteroatoms. The summed E-state index contributed by atoms with van der Waals surface area (Å²) in [5, 5.41) is 2.87. The molecule has 3 aromatic carbocycles. The highest BCUT2D eigenvalue weighted by Crippen LogP contribution is 2.42. The molecule has 3 aromatic rings. The maximum Gasteiger partial charge on any atom is 0.255 e. The number of benzene rings is 3. The lowest BCUT2D eigenvalue weighted by Gasteiger charge is -2.25. The van der Waals surface area contributed by atoms with Gasteiger partial charge in [0.25, 0.3) is 5.91 Å². The van der Waals surface area contributed by atoms with Crippen molar-refractivity contribution in [3.63, 3.8) is 0 Å². The number of anilines is 2. The highest BCUT2D eigenvalue weighted by atomic mass is 16.5. The summed E-state index contributed by atoms with van der Waals surface area (Å²) in [7, 11) is 0. The number of rotatable bonds is 5. The van der Waals surface area contributed by atoms with Gasteiger partial charge >= 0.3 is 0 Å². The maximum absolute atomic E-state index is 12.9. The second-order valence-corrected chi connectivity index (χ2v) is 9.58. The first-order valence-electron chi connectivity index (χ1n) is 12.0. The first kappa shape index (κ1) is 22.8. The molecule has 0 aromatic heterocycles. The molecule has 178 valence electrons. The Morgan fingerprint density at radius 2 is 1.43 bits per heavy atom. The van der Waals surface area contributed by atoms with Gasteiger partial charge in [-0.3, -0.25) is 19.3 Å². The van der Waals surface area contributed by atoms with Gasteiger partial charge in [-0.2, -0.15) is 0 Å². The summed E-state index contributed by atoms with van der Waals surface area (Å²) >= 11 is 0. The van der Waals surface area contributed by atoms with E-state index in [0.717, 1.165) is 30.6 Å². The van der Waals surface area contributed by atoms with E-state index in [1.54, 1.807) is 48.5 Å². The van der Waals surface area contributed by atoms with Crippen LogP contribution in [0, 0.1) is 24.7 Å². The number of hydrogen-bond donors (Lipinski definition) is 1. The SMILES string of the molecule is Cc1ccc(Oc2ccc(NC(=O)c3ccc(N4C(=O)[C@H]5C[C@@H](C)CC[C@H]5C4=O)cc3)cc2)cc1. The highest BCUT2D eigenvalue weighted by molar-refractivity contribution is 6.22. The third-order valence-electron chi connectivity index (χ3n) is 6.94. The Kier molecular flexibility index (Phi) is 6.12. The normalized spacial score (nSPS) is 21.5. The smallest absolute Gasteiger partial charge is 0.255 e. The fourth-order valence-electron chi connectivity index (χ4n) is 4.96. The molecule has 0 radical (unpaired) electrons. The van der Waals surface area contributed by atoms with Gasteiger partial charge in [-0.15, -0.1) is 0 Å². The monoisotopic (exact) mass is 468 g/mol. The van der Waals surface area contributed by atoms with Crippen molar-refractivity contribution in [1.82, 2.24) is 0 Å².